The Labute approximate surface area is 123 Å². The van der Waals surface area contributed by atoms with Gasteiger partial charge in [-0.05, 0) is 36.5 Å². The predicted molar refractivity (Wildman–Crippen MR) is 76.7 cm³/mol. The number of nitrogens with zero attached hydrogens (tertiary/aromatic N) is 1. The van der Waals surface area contributed by atoms with Gasteiger partial charge in [0.15, 0.2) is 0 Å². The molecular formula is C16H18N2O3. The second-order valence-corrected chi connectivity index (χ2v) is 5.20. The van der Waals surface area contributed by atoms with E-state index in [-0.39, 0.29) is 11.9 Å². The fourth-order valence-corrected chi connectivity index (χ4v) is 2.70. The molecular weight excluding hydrogens is 268 g/mol. The minimum atomic E-state index is -0.121. The lowest BCUT2D eigenvalue weighted by Crippen LogP contribution is -2.36. The molecule has 110 valence electrons. The molecule has 0 aliphatic carbocycles. The van der Waals surface area contributed by atoms with Gasteiger partial charge in [-0.2, -0.15) is 0 Å². The summed E-state index contributed by atoms with van der Waals surface area (Å²) < 4.78 is 10.4. The molecule has 5 nitrogen and oxygen atoms in total. The van der Waals surface area contributed by atoms with Crippen LogP contribution in [0.15, 0.2) is 47.5 Å². The first-order valence-corrected chi connectivity index (χ1v) is 7.15. The topological polar surface area (TPSA) is 64.4 Å². The van der Waals surface area contributed by atoms with Crippen molar-refractivity contribution in [1.29, 1.82) is 0 Å². The van der Waals surface area contributed by atoms with E-state index in [1.165, 1.54) is 12.5 Å². The summed E-state index contributed by atoms with van der Waals surface area (Å²) in [7, 11) is 0. The Morgan fingerprint density at radius 2 is 2.19 bits per heavy atom. The number of rotatable bonds is 4. The predicted octanol–water partition coefficient (Wildman–Crippen LogP) is 2.57. The van der Waals surface area contributed by atoms with Crippen molar-refractivity contribution in [3.8, 4) is 0 Å². The van der Waals surface area contributed by atoms with Crippen molar-refractivity contribution < 1.29 is 13.9 Å². The summed E-state index contributed by atoms with van der Waals surface area (Å²) in [4.78, 5) is 16.5. The lowest BCUT2D eigenvalue weighted by molar-refractivity contribution is 0.0513. The average molecular weight is 286 g/mol. The summed E-state index contributed by atoms with van der Waals surface area (Å²) in [6, 6.07) is 5.51. The number of carbonyl (C=O) groups is 1. The molecule has 1 N–H and O–H groups in total. The normalized spacial score (nSPS) is 17.3. The van der Waals surface area contributed by atoms with E-state index in [1.807, 2.05) is 18.3 Å². The van der Waals surface area contributed by atoms with Gasteiger partial charge in [-0.1, -0.05) is 6.07 Å². The summed E-state index contributed by atoms with van der Waals surface area (Å²) in [5.41, 5.74) is 1.57. The zero-order valence-electron chi connectivity index (χ0n) is 11.7. The zero-order chi connectivity index (χ0) is 14.5. The molecule has 3 rings (SSSR count). The van der Waals surface area contributed by atoms with Crippen molar-refractivity contribution in [1.82, 2.24) is 10.3 Å². The number of pyridine rings is 1. The van der Waals surface area contributed by atoms with Crippen LogP contribution >= 0.6 is 0 Å². The highest BCUT2D eigenvalue weighted by Crippen LogP contribution is 2.30. The van der Waals surface area contributed by atoms with Crippen molar-refractivity contribution in [2.75, 3.05) is 13.2 Å². The van der Waals surface area contributed by atoms with E-state index in [2.05, 4.69) is 10.3 Å². The van der Waals surface area contributed by atoms with Crippen LogP contribution < -0.4 is 5.32 Å². The number of furan rings is 1. The van der Waals surface area contributed by atoms with Crippen LogP contribution in [0.25, 0.3) is 0 Å². The van der Waals surface area contributed by atoms with Crippen LogP contribution in [0.1, 0.15) is 34.8 Å². The van der Waals surface area contributed by atoms with Gasteiger partial charge in [0.2, 0.25) is 0 Å². The monoisotopic (exact) mass is 286 g/mol. The maximum Gasteiger partial charge on any atom is 0.255 e. The lowest BCUT2D eigenvalue weighted by Gasteiger charge is -2.31. The highest BCUT2D eigenvalue weighted by atomic mass is 16.5. The quantitative estimate of drug-likeness (QED) is 0.938. The molecule has 5 heteroatoms. The van der Waals surface area contributed by atoms with E-state index in [1.54, 1.807) is 12.3 Å². The van der Waals surface area contributed by atoms with Crippen LogP contribution in [-0.4, -0.2) is 24.1 Å². The van der Waals surface area contributed by atoms with Crippen molar-refractivity contribution >= 4 is 5.91 Å². The van der Waals surface area contributed by atoms with Crippen LogP contribution in [0.2, 0.25) is 0 Å². The van der Waals surface area contributed by atoms with E-state index in [4.69, 9.17) is 9.15 Å². The molecule has 0 saturated carbocycles. The molecule has 1 fully saturated rings. The third kappa shape index (κ3) is 3.31. The first-order valence-electron chi connectivity index (χ1n) is 7.15. The van der Waals surface area contributed by atoms with E-state index < -0.39 is 0 Å². The molecule has 2 aromatic rings. The summed E-state index contributed by atoms with van der Waals surface area (Å²) >= 11 is 0. The Bertz CT molecular complexity index is 562. The highest BCUT2D eigenvalue weighted by molar-refractivity contribution is 5.94. The van der Waals surface area contributed by atoms with Crippen LogP contribution in [-0.2, 0) is 4.74 Å². The molecule has 1 aliphatic rings. The van der Waals surface area contributed by atoms with Gasteiger partial charge in [-0.15, -0.1) is 0 Å². The molecule has 1 unspecified atom stereocenters. The summed E-state index contributed by atoms with van der Waals surface area (Å²) in [6.07, 6.45) is 8.39. The number of nitrogens with one attached hydrogen (secondary N) is 1. The number of aromatic nitrogens is 1. The second kappa shape index (κ2) is 6.54. The Morgan fingerprint density at radius 3 is 2.86 bits per heavy atom. The second-order valence-electron chi connectivity index (χ2n) is 5.20. The van der Waals surface area contributed by atoms with Crippen molar-refractivity contribution in [3.63, 3.8) is 0 Å². The molecule has 0 radical (unpaired) electrons. The maximum absolute atomic E-state index is 12.3. The first kappa shape index (κ1) is 13.8. The van der Waals surface area contributed by atoms with E-state index >= 15 is 0 Å². The Kier molecular flexibility index (Phi) is 4.31. The Morgan fingerprint density at radius 1 is 1.33 bits per heavy atom. The first-order chi connectivity index (χ1) is 10.3. The number of amides is 1. The molecule has 3 heterocycles. The fraction of sp³-hybridized carbons (Fsp3) is 0.375. The van der Waals surface area contributed by atoms with E-state index in [0.717, 1.165) is 31.6 Å². The third-order valence-electron chi connectivity index (χ3n) is 3.85. The van der Waals surface area contributed by atoms with Gasteiger partial charge in [0.1, 0.15) is 6.26 Å². The van der Waals surface area contributed by atoms with Crippen molar-refractivity contribution in [3.05, 3.63) is 54.2 Å². The largest absolute Gasteiger partial charge is 0.472 e. The summed E-state index contributed by atoms with van der Waals surface area (Å²) in [6.45, 7) is 1.48. The van der Waals surface area contributed by atoms with Crippen molar-refractivity contribution in [2.24, 2.45) is 5.92 Å². The van der Waals surface area contributed by atoms with Crippen molar-refractivity contribution in [2.45, 2.75) is 18.9 Å². The third-order valence-corrected chi connectivity index (χ3v) is 3.85. The van der Waals surface area contributed by atoms with Gasteiger partial charge in [0.25, 0.3) is 5.91 Å². The molecule has 1 atom stereocenters. The Hall–Kier alpha value is -2.14. The van der Waals surface area contributed by atoms with Crippen LogP contribution in [0.4, 0.5) is 0 Å². The molecule has 2 aromatic heterocycles. The standard InChI is InChI=1S/C16H18N2O3/c19-16(14-5-9-21-11-14)18-15(12-3-7-20-8-4-12)13-2-1-6-17-10-13/h1-2,5-6,9-12,15H,3-4,7-8H2,(H,18,19). The number of ether oxygens (including phenoxy) is 1. The molecule has 21 heavy (non-hydrogen) atoms. The van der Waals surface area contributed by atoms with Gasteiger partial charge >= 0.3 is 0 Å². The van der Waals surface area contributed by atoms with Crippen LogP contribution in [0, 0.1) is 5.92 Å². The molecule has 1 amide bonds. The van der Waals surface area contributed by atoms with E-state index in [0.29, 0.717) is 11.5 Å². The van der Waals surface area contributed by atoms with Crippen LogP contribution in [0.3, 0.4) is 0 Å². The molecule has 0 bridgehead atoms. The molecule has 1 saturated heterocycles. The van der Waals surface area contributed by atoms with Gasteiger partial charge in [0.05, 0.1) is 17.9 Å². The van der Waals surface area contributed by atoms with Gasteiger partial charge in [0, 0.05) is 25.6 Å². The average Bonchev–Trinajstić information content (AvgIpc) is 3.09. The minimum absolute atomic E-state index is 0.0509. The molecule has 0 aromatic carbocycles. The highest BCUT2D eigenvalue weighted by Gasteiger charge is 2.27. The maximum atomic E-state index is 12.3. The van der Waals surface area contributed by atoms with Gasteiger partial charge < -0.3 is 14.5 Å². The summed E-state index contributed by atoms with van der Waals surface area (Å²) in [5, 5.41) is 3.11. The van der Waals surface area contributed by atoms with E-state index in [9.17, 15) is 4.79 Å². The van der Waals surface area contributed by atoms with Gasteiger partial charge in [-0.25, -0.2) is 0 Å². The summed E-state index contributed by atoms with van der Waals surface area (Å²) in [5.74, 6) is 0.239. The lowest BCUT2D eigenvalue weighted by atomic mass is 9.87. The smallest absolute Gasteiger partial charge is 0.255 e. The fourth-order valence-electron chi connectivity index (χ4n) is 2.70. The van der Waals surface area contributed by atoms with Gasteiger partial charge in [-0.3, -0.25) is 9.78 Å². The van der Waals surface area contributed by atoms with Crippen LogP contribution in [0.5, 0.6) is 0 Å². The molecule has 0 spiro atoms. The SMILES string of the molecule is O=C(NC(c1cccnc1)C1CCOCC1)c1ccoc1. The number of hydrogen-bond acceptors (Lipinski definition) is 4. The Balaban J connectivity index is 1.80. The number of hydrogen-bond donors (Lipinski definition) is 1. The minimum Gasteiger partial charge on any atom is -0.472 e. The zero-order valence-corrected chi connectivity index (χ0v) is 11.7. The number of carbonyl (C=O) groups excluding carboxylic acids is 1. The molecule has 1 aliphatic heterocycles.